The van der Waals surface area contributed by atoms with E-state index in [9.17, 15) is 63.0 Å². The Morgan fingerprint density at radius 1 is 0.650 bits per heavy atom. The van der Waals surface area contributed by atoms with Gasteiger partial charge in [0, 0.05) is 97.1 Å². The number of benzene rings is 3. The van der Waals surface area contributed by atoms with E-state index < -0.39 is 104 Å². The van der Waals surface area contributed by atoms with Crippen LogP contribution >= 0.6 is 0 Å². The van der Waals surface area contributed by atoms with Crippen molar-refractivity contribution in [3.05, 3.63) is 102 Å². The zero-order valence-electron chi connectivity index (χ0n) is 69.5. The summed E-state index contributed by atoms with van der Waals surface area (Å²) in [6, 6.07) is 20.5. The molecule has 5 rings (SSSR count). The summed E-state index contributed by atoms with van der Waals surface area (Å²) in [4.78, 5) is 149. The molecule has 36 nitrogen and oxygen atoms in total. The monoisotopic (exact) mass is 1650 g/mol. The summed E-state index contributed by atoms with van der Waals surface area (Å²) in [5, 5.41) is 45.0. The number of urea groups is 1. The number of likely N-dealkylation sites (tertiary alicyclic amines) is 1. The van der Waals surface area contributed by atoms with Crippen LogP contribution in [-0.4, -0.2) is 297 Å². The fourth-order valence-corrected chi connectivity index (χ4v) is 13.0. The standard InChI is InChI=1S/C81H127N15O21/c1-11-58(47-72(102)96-33-18-24-67(96)75(110-10)56(4)76(104)87-57(5)74(103)60-19-13-12-14-20-60)50-92(7)79(107)73(55(2)3)91-71(101)52-93(8)81(109)117-54-59-25-27-62(28-26-59)88-78(106)64(22-17-31-85-80(82)108)89-70(100)49-86-68(98)30-35-111-37-39-113-41-43-115-45-46-116-44-42-114-40-38-112-36-32-84-77(105)65(53-97)90-69(99)29-34-95-63(51-94(9)83-6)48-61-21-15-16-23-66(61)95/h12-16,19-21,23,25-28,48,55-58,64-65,67,73-75,83,97,103H,11,17-18,22,24,29-47,49-54H2,1-10H3,(H,84,105)(H,86,98)(H,87,104)(H,88,106)(H,89,100)(H,90,99)(H,91,101)(H3,82,85,108)/t56-,57-,58-,64+,65+,67+,73+,74-,75-/m1/s1. The van der Waals surface area contributed by atoms with Gasteiger partial charge in [0.15, 0.2) is 0 Å². The van der Waals surface area contributed by atoms with Crippen LogP contribution in [0.1, 0.15) is 109 Å². The van der Waals surface area contributed by atoms with Crippen LogP contribution in [0.25, 0.3) is 10.9 Å². The van der Waals surface area contributed by atoms with E-state index in [2.05, 4.69) is 58.6 Å². The normalized spacial score (nSPS) is 14.8. The maximum absolute atomic E-state index is 14.1. The molecule has 0 bridgehead atoms. The first-order valence-corrected chi connectivity index (χ1v) is 40.1. The number of carbonyl (C=O) groups is 11. The first-order chi connectivity index (χ1) is 56.2. The number of methoxy groups -OCH3 is 1. The Morgan fingerprint density at radius 3 is 1.87 bits per heavy atom. The van der Waals surface area contributed by atoms with E-state index >= 15 is 0 Å². The van der Waals surface area contributed by atoms with Crippen LogP contribution in [0.5, 0.6) is 0 Å². The molecule has 0 spiro atoms. The number of fused-ring (bicyclic) bond motifs is 1. The van der Waals surface area contributed by atoms with Crippen LogP contribution in [0, 0.1) is 17.8 Å². The maximum Gasteiger partial charge on any atom is 0.410 e. The molecule has 652 valence electrons. The summed E-state index contributed by atoms with van der Waals surface area (Å²) < 4.78 is 46.6. The van der Waals surface area contributed by atoms with Gasteiger partial charge >= 0.3 is 12.1 Å². The zero-order valence-corrected chi connectivity index (χ0v) is 69.5. The number of amides is 12. The number of nitrogens with zero attached hydrogens (tertiary/aromatic N) is 5. The molecular formula is C81H127N15O21. The van der Waals surface area contributed by atoms with Crippen molar-refractivity contribution in [1.82, 2.24) is 66.9 Å². The number of ether oxygens (including phenoxy) is 8. The van der Waals surface area contributed by atoms with Crippen molar-refractivity contribution in [2.24, 2.45) is 23.5 Å². The first kappa shape index (κ1) is 98.1. The number of para-hydroxylation sites is 1. The van der Waals surface area contributed by atoms with Gasteiger partial charge in [0.05, 0.1) is 129 Å². The van der Waals surface area contributed by atoms with Crippen LogP contribution in [0.3, 0.4) is 0 Å². The van der Waals surface area contributed by atoms with Crippen LogP contribution in [0.2, 0.25) is 0 Å². The van der Waals surface area contributed by atoms with E-state index in [4.69, 9.17) is 43.6 Å². The molecule has 0 aliphatic carbocycles. The average molecular weight is 1650 g/mol. The Balaban J connectivity index is 0.884. The Morgan fingerprint density at radius 2 is 1.26 bits per heavy atom. The van der Waals surface area contributed by atoms with Gasteiger partial charge in [-0.25, -0.2) is 14.6 Å². The van der Waals surface area contributed by atoms with Gasteiger partial charge in [-0.15, -0.1) is 0 Å². The van der Waals surface area contributed by atoms with Gasteiger partial charge in [-0.1, -0.05) is 94.8 Å². The molecule has 117 heavy (non-hydrogen) atoms. The summed E-state index contributed by atoms with van der Waals surface area (Å²) in [6.45, 7) is 12.6. The lowest BCUT2D eigenvalue weighted by molar-refractivity contribution is -0.142. The smallest absolute Gasteiger partial charge is 0.410 e. The predicted octanol–water partition coefficient (Wildman–Crippen LogP) is 1.83. The number of carbonyl (C=O) groups excluding carboxylic acids is 11. The number of aryl methyl sites for hydroxylation is 1. The van der Waals surface area contributed by atoms with Crippen LogP contribution in [-0.2, 0) is 101 Å². The fourth-order valence-electron chi connectivity index (χ4n) is 13.0. The highest BCUT2D eigenvalue weighted by Gasteiger charge is 2.41. The van der Waals surface area contributed by atoms with Gasteiger partial charge < -0.3 is 116 Å². The Kier molecular flexibility index (Phi) is 45.7. The number of rotatable bonds is 58. The summed E-state index contributed by atoms with van der Waals surface area (Å²) in [5.41, 5.74) is 11.9. The molecule has 0 saturated carbocycles. The summed E-state index contributed by atoms with van der Waals surface area (Å²) in [6.07, 6.45) is 0.0840. The van der Waals surface area contributed by atoms with Gasteiger partial charge in [0.2, 0.25) is 53.2 Å². The molecule has 12 amide bonds. The summed E-state index contributed by atoms with van der Waals surface area (Å²) in [7, 11) is 8.27. The highest BCUT2D eigenvalue weighted by Crippen LogP contribution is 2.30. The van der Waals surface area contributed by atoms with E-state index in [0.29, 0.717) is 95.5 Å². The van der Waals surface area contributed by atoms with Crippen LogP contribution in [0.4, 0.5) is 15.3 Å². The third-order valence-electron chi connectivity index (χ3n) is 19.7. The minimum atomic E-state index is -1.10. The third kappa shape index (κ3) is 36.1. The molecule has 1 aliphatic heterocycles. The molecule has 36 heteroatoms. The first-order valence-electron chi connectivity index (χ1n) is 40.1. The predicted molar refractivity (Wildman–Crippen MR) is 435 cm³/mol. The lowest BCUT2D eigenvalue weighted by atomic mass is 9.93. The largest absolute Gasteiger partial charge is 0.445 e. The quantitative estimate of drug-likeness (QED) is 0.0222. The number of nitrogens with two attached hydrogens (primary N) is 1. The van der Waals surface area contributed by atoms with E-state index in [1.165, 1.54) is 19.1 Å². The molecule has 4 aromatic rings. The molecular weight excluding hydrogens is 1520 g/mol. The van der Waals surface area contributed by atoms with E-state index in [-0.39, 0.29) is 133 Å². The zero-order chi connectivity index (χ0) is 85.6. The lowest BCUT2D eigenvalue weighted by Crippen LogP contribution is -2.53. The lowest BCUT2D eigenvalue weighted by Gasteiger charge is -2.35. The second-order valence-electron chi connectivity index (χ2n) is 29.0. The third-order valence-corrected chi connectivity index (χ3v) is 19.7. The van der Waals surface area contributed by atoms with Gasteiger partial charge in [-0.05, 0) is 92.3 Å². The number of nitrogens with one attached hydrogen (secondary N) is 9. The minimum absolute atomic E-state index is 0.0482. The number of aromatic nitrogens is 1. The van der Waals surface area contributed by atoms with Crippen molar-refractivity contribution in [3.63, 3.8) is 0 Å². The Labute approximate surface area is 685 Å². The van der Waals surface area contributed by atoms with Crippen LogP contribution < -0.4 is 53.7 Å². The summed E-state index contributed by atoms with van der Waals surface area (Å²) >= 11 is 0. The molecule has 0 radical (unpaired) electrons. The molecule has 1 aliphatic rings. The SMILES string of the molecule is CC[C@H](CC(=O)N1CCC[C@H]1[C@H](OC)[C@@H](C)C(=O)N[C@H](C)[C@@H](O)c1ccccc1)CN(C)C(=O)[C@@H](NC(=O)CN(C)C(=O)OCc1ccc(NC(=O)[C@H](CCCNC(N)=O)NC(=O)CNC(=O)CCOCCOCCOCCOCCOCCOCCNC(=O)[C@H](CO)NC(=O)CCn2c(CN(C)NC)cc3ccccc32)cc1)C(C)C. The molecule has 1 aromatic heterocycles. The number of likely N-dealkylation sites (N-methyl/N-ethyl adjacent to an activating group) is 2. The molecule has 1 fully saturated rings. The highest BCUT2D eigenvalue weighted by molar-refractivity contribution is 5.98. The minimum Gasteiger partial charge on any atom is -0.445 e. The van der Waals surface area contributed by atoms with Crippen molar-refractivity contribution >= 4 is 81.9 Å². The number of aliphatic hydroxyl groups excluding tert-OH is 2. The topological polar surface area (TPSA) is 454 Å². The van der Waals surface area contributed by atoms with E-state index in [1.807, 2.05) is 68.5 Å². The average Bonchev–Trinajstić information content (AvgIpc) is 1.66. The van der Waals surface area contributed by atoms with Crippen molar-refractivity contribution in [2.45, 2.75) is 148 Å². The second kappa shape index (κ2) is 54.5. The Hall–Kier alpha value is -9.47. The van der Waals surface area contributed by atoms with Crippen LogP contribution in [0.15, 0.2) is 84.9 Å². The van der Waals surface area contributed by atoms with Crippen molar-refractivity contribution in [1.29, 1.82) is 0 Å². The molecule has 2 heterocycles. The van der Waals surface area contributed by atoms with Gasteiger partial charge in [0.1, 0.15) is 31.3 Å². The molecule has 9 atom stereocenters. The van der Waals surface area contributed by atoms with Gasteiger partial charge in [-0.3, -0.25) is 48.6 Å². The van der Waals surface area contributed by atoms with E-state index in [0.717, 1.165) is 27.9 Å². The molecule has 1 saturated heterocycles. The maximum atomic E-state index is 14.1. The Bertz CT molecular complexity index is 3690. The van der Waals surface area contributed by atoms with Gasteiger partial charge in [-0.2, -0.15) is 0 Å². The number of hydrogen-bond acceptors (Lipinski definition) is 23. The van der Waals surface area contributed by atoms with Crippen molar-refractivity contribution in [2.75, 3.05) is 166 Å². The molecule has 0 unspecified atom stereocenters. The summed E-state index contributed by atoms with van der Waals surface area (Å²) in [5.74, 6) is -5.27. The molecule has 13 N–H and O–H groups in total. The van der Waals surface area contributed by atoms with Crippen molar-refractivity contribution < 1.29 is 101 Å². The number of hydrazine groups is 1. The van der Waals surface area contributed by atoms with Gasteiger partial charge in [0.25, 0.3) is 0 Å². The highest BCUT2D eigenvalue weighted by atomic mass is 16.6. The van der Waals surface area contributed by atoms with Crippen molar-refractivity contribution in [3.8, 4) is 0 Å². The number of aliphatic hydroxyl groups is 2. The second-order valence-corrected chi connectivity index (χ2v) is 29.0. The molecule has 3 aromatic carbocycles. The fraction of sp³-hybridized carbons (Fsp3) is 0.617. The number of anilines is 1. The number of hydrogen-bond donors (Lipinski definition) is 12. The number of primary amides is 1. The van der Waals surface area contributed by atoms with E-state index in [1.54, 1.807) is 76.0 Å².